The van der Waals surface area contributed by atoms with Crippen molar-refractivity contribution in [3.63, 3.8) is 0 Å². The average molecular weight is 353 g/mol. The van der Waals surface area contributed by atoms with Crippen molar-refractivity contribution in [1.29, 1.82) is 0 Å². The second-order valence-electron chi connectivity index (χ2n) is 6.63. The zero-order valence-electron chi connectivity index (χ0n) is 15.1. The Morgan fingerprint density at radius 1 is 1.12 bits per heavy atom. The van der Waals surface area contributed by atoms with E-state index in [9.17, 15) is 9.59 Å². The molecule has 0 heterocycles. The first kappa shape index (κ1) is 18.0. The molecule has 3 rings (SSSR count). The molecule has 0 unspecified atom stereocenters. The van der Waals surface area contributed by atoms with Crippen molar-refractivity contribution in [2.24, 2.45) is 0 Å². The van der Waals surface area contributed by atoms with E-state index in [4.69, 9.17) is 9.47 Å². The molecule has 2 aromatic carbocycles. The second-order valence-corrected chi connectivity index (χ2v) is 6.63. The molecule has 1 amide bonds. The number of aryl methyl sites for hydroxylation is 1. The van der Waals surface area contributed by atoms with Crippen LogP contribution in [0.15, 0.2) is 48.5 Å². The van der Waals surface area contributed by atoms with Gasteiger partial charge in [0.05, 0.1) is 18.2 Å². The van der Waals surface area contributed by atoms with E-state index in [0.717, 1.165) is 30.4 Å². The number of amides is 1. The first-order valence-electron chi connectivity index (χ1n) is 8.72. The zero-order chi connectivity index (χ0) is 18.6. The molecular formula is C21H23NO4. The van der Waals surface area contributed by atoms with Gasteiger partial charge in [0.1, 0.15) is 5.75 Å². The van der Waals surface area contributed by atoms with Gasteiger partial charge in [-0.05, 0) is 43.0 Å². The van der Waals surface area contributed by atoms with Gasteiger partial charge in [-0.1, -0.05) is 42.8 Å². The monoisotopic (exact) mass is 353 g/mol. The Labute approximate surface area is 153 Å². The molecule has 1 aliphatic rings. The van der Waals surface area contributed by atoms with Gasteiger partial charge < -0.3 is 14.8 Å². The Balaban J connectivity index is 1.63. The van der Waals surface area contributed by atoms with Crippen molar-refractivity contribution in [1.82, 2.24) is 0 Å². The molecular weight excluding hydrogens is 330 g/mol. The van der Waals surface area contributed by atoms with Crippen molar-refractivity contribution >= 4 is 17.6 Å². The van der Waals surface area contributed by atoms with E-state index in [2.05, 4.69) is 5.32 Å². The molecule has 2 aromatic rings. The third-order valence-electron chi connectivity index (χ3n) is 4.89. The lowest BCUT2D eigenvalue weighted by molar-refractivity contribution is -0.156. The molecule has 26 heavy (non-hydrogen) atoms. The lowest BCUT2D eigenvalue weighted by Crippen LogP contribution is -2.44. The SMILES string of the molecule is COc1ccc(C)cc1NC(=O)COC(=O)C1(c2ccccc2)CCC1. The molecule has 0 aromatic heterocycles. The third kappa shape index (κ3) is 3.57. The van der Waals surface area contributed by atoms with Crippen LogP contribution in [-0.2, 0) is 19.7 Å². The first-order valence-corrected chi connectivity index (χ1v) is 8.72. The van der Waals surface area contributed by atoms with E-state index in [1.165, 1.54) is 0 Å². The number of benzene rings is 2. The highest BCUT2D eigenvalue weighted by Gasteiger charge is 2.47. The summed E-state index contributed by atoms with van der Waals surface area (Å²) < 4.78 is 10.6. The summed E-state index contributed by atoms with van der Waals surface area (Å²) in [6, 6.07) is 15.1. The largest absolute Gasteiger partial charge is 0.495 e. The second kappa shape index (κ2) is 7.60. The quantitative estimate of drug-likeness (QED) is 0.806. The minimum Gasteiger partial charge on any atom is -0.495 e. The molecule has 0 aliphatic heterocycles. The van der Waals surface area contributed by atoms with E-state index in [-0.39, 0.29) is 18.5 Å². The van der Waals surface area contributed by atoms with Gasteiger partial charge in [0.15, 0.2) is 6.61 Å². The number of rotatable bonds is 6. The van der Waals surface area contributed by atoms with Crippen molar-refractivity contribution < 1.29 is 19.1 Å². The Kier molecular flexibility index (Phi) is 5.26. The predicted molar refractivity (Wildman–Crippen MR) is 99.3 cm³/mol. The van der Waals surface area contributed by atoms with Crippen LogP contribution in [0.25, 0.3) is 0 Å². The van der Waals surface area contributed by atoms with Crippen LogP contribution in [0.3, 0.4) is 0 Å². The number of anilines is 1. The third-order valence-corrected chi connectivity index (χ3v) is 4.89. The summed E-state index contributed by atoms with van der Waals surface area (Å²) in [7, 11) is 1.54. The number of methoxy groups -OCH3 is 1. The Morgan fingerprint density at radius 3 is 2.46 bits per heavy atom. The van der Waals surface area contributed by atoms with Crippen LogP contribution in [0, 0.1) is 6.92 Å². The average Bonchev–Trinajstić information content (AvgIpc) is 2.60. The number of carbonyl (C=O) groups is 2. The molecule has 0 bridgehead atoms. The fraction of sp³-hybridized carbons (Fsp3) is 0.333. The topological polar surface area (TPSA) is 64.6 Å². The summed E-state index contributed by atoms with van der Waals surface area (Å²) in [5, 5.41) is 2.74. The van der Waals surface area contributed by atoms with Crippen LogP contribution < -0.4 is 10.1 Å². The standard InChI is InChI=1S/C21H23NO4/c1-15-9-10-18(25-2)17(13-15)22-19(23)14-26-20(24)21(11-6-12-21)16-7-4-3-5-8-16/h3-5,7-10,13H,6,11-12,14H2,1-2H3,(H,22,23). The van der Waals surface area contributed by atoms with E-state index in [1.807, 2.05) is 49.4 Å². The van der Waals surface area contributed by atoms with E-state index in [1.54, 1.807) is 13.2 Å². The number of esters is 1. The number of carbonyl (C=O) groups excluding carboxylic acids is 2. The highest BCUT2D eigenvalue weighted by atomic mass is 16.5. The van der Waals surface area contributed by atoms with Crippen LogP contribution in [0.2, 0.25) is 0 Å². The molecule has 136 valence electrons. The fourth-order valence-electron chi connectivity index (χ4n) is 3.27. The van der Waals surface area contributed by atoms with Crippen LogP contribution in [0.4, 0.5) is 5.69 Å². The van der Waals surface area contributed by atoms with E-state index in [0.29, 0.717) is 11.4 Å². The molecule has 0 saturated heterocycles. The van der Waals surface area contributed by atoms with Crippen LogP contribution in [0.1, 0.15) is 30.4 Å². The molecule has 1 aliphatic carbocycles. The maximum Gasteiger partial charge on any atom is 0.317 e. The summed E-state index contributed by atoms with van der Waals surface area (Å²) in [6.45, 7) is 1.61. The maximum atomic E-state index is 12.7. The first-order chi connectivity index (χ1) is 12.5. The Hall–Kier alpha value is -2.82. The van der Waals surface area contributed by atoms with Gasteiger partial charge >= 0.3 is 5.97 Å². The summed E-state index contributed by atoms with van der Waals surface area (Å²) >= 11 is 0. The Morgan fingerprint density at radius 2 is 1.85 bits per heavy atom. The van der Waals surface area contributed by atoms with Gasteiger partial charge in [-0.25, -0.2) is 0 Å². The van der Waals surface area contributed by atoms with Crippen molar-refractivity contribution in [2.75, 3.05) is 19.0 Å². The molecule has 5 heteroatoms. The lowest BCUT2D eigenvalue weighted by atomic mass is 9.64. The summed E-state index contributed by atoms with van der Waals surface area (Å²) in [5.74, 6) is -0.152. The van der Waals surface area contributed by atoms with Gasteiger partial charge in [-0.3, -0.25) is 9.59 Å². The van der Waals surface area contributed by atoms with E-state index >= 15 is 0 Å². The summed E-state index contributed by atoms with van der Waals surface area (Å²) in [4.78, 5) is 24.9. The lowest BCUT2D eigenvalue weighted by Gasteiger charge is -2.39. The van der Waals surface area contributed by atoms with Crippen molar-refractivity contribution in [3.05, 3.63) is 59.7 Å². The Bertz CT molecular complexity index is 797. The molecule has 1 fully saturated rings. The predicted octanol–water partition coefficient (Wildman–Crippen LogP) is 3.61. The van der Waals surface area contributed by atoms with Gasteiger partial charge in [0, 0.05) is 0 Å². The minimum absolute atomic E-state index is 0.315. The van der Waals surface area contributed by atoms with Gasteiger partial charge in [0.25, 0.3) is 5.91 Å². The highest BCUT2D eigenvalue weighted by molar-refractivity contribution is 5.95. The van der Waals surface area contributed by atoms with Crippen molar-refractivity contribution in [2.45, 2.75) is 31.6 Å². The molecule has 1 saturated carbocycles. The van der Waals surface area contributed by atoms with Crippen molar-refractivity contribution in [3.8, 4) is 5.75 Å². The number of nitrogens with one attached hydrogen (secondary N) is 1. The van der Waals surface area contributed by atoms with Crippen LogP contribution in [0.5, 0.6) is 5.75 Å². The van der Waals surface area contributed by atoms with E-state index < -0.39 is 5.41 Å². The fourth-order valence-corrected chi connectivity index (χ4v) is 3.27. The van der Waals surface area contributed by atoms with Gasteiger partial charge in [-0.15, -0.1) is 0 Å². The molecule has 0 radical (unpaired) electrons. The van der Waals surface area contributed by atoms with Crippen LogP contribution >= 0.6 is 0 Å². The van der Waals surface area contributed by atoms with Crippen LogP contribution in [-0.4, -0.2) is 25.6 Å². The maximum absolute atomic E-state index is 12.7. The molecule has 0 spiro atoms. The molecule has 0 atom stereocenters. The highest BCUT2D eigenvalue weighted by Crippen LogP contribution is 2.44. The smallest absolute Gasteiger partial charge is 0.317 e. The van der Waals surface area contributed by atoms with Gasteiger partial charge in [-0.2, -0.15) is 0 Å². The zero-order valence-corrected chi connectivity index (χ0v) is 15.1. The summed E-state index contributed by atoms with van der Waals surface area (Å²) in [5.41, 5.74) is 1.91. The van der Waals surface area contributed by atoms with Gasteiger partial charge in [0.2, 0.25) is 0 Å². The number of ether oxygens (including phenoxy) is 2. The molecule has 1 N–H and O–H groups in total. The number of hydrogen-bond donors (Lipinski definition) is 1. The molecule has 5 nitrogen and oxygen atoms in total. The normalized spacial score (nSPS) is 14.8. The number of hydrogen-bond acceptors (Lipinski definition) is 4. The summed E-state index contributed by atoms with van der Waals surface area (Å²) in [6.07, 6.45) is 2.49. The minimum atomic E-state index is -0.609.